The Morgan fingerprint density at radius 1 is 1.35 bits per heavy atom. The van der Waals surface area contributed by atoms with Gasteiger partial charge in [0.15, 0.2) is 5.82 Å². The van der Waals surface area contributed by atoms with Crippen LogP contribution in [0.3, 0.4) is 0 Å². The summed E-state index contributed by atoms with van der Waals surface area (Å²) in [5, 5.41) is 4.40. The maximum atomic E-state index is 14.0. The molecule has 0 saturated heterocycles. The maximum absolute atomic E-state index is 14.0. The van der Waals surface area contributed by atoms with Crippen molar-refractivity contribution < 1.29 is 18.4 Å². The van der Waals surface area contributed by atoms with Crippen molar-refractivity contribution in [3.05, 3.63) is 47.0 Å². The van der Waals surface area contributed by atoms with Gasteiger partial charge in [-0.05, 0) is 31.5 Å². The Bertz CT molecular complexity index is 970. The van der Waals surface area contributed by atoms with Gasteiger partial charge in [-0.1, -0.05) is 5.16 Å². The van der Waals surface area contributed by atoms with Gasteiger partial charge in [0.1, 0.15) is 11.4 Å². The molecule has 3 rings (SSSR count). The zero-order valence-corrected chi connectivity index (χ0v) is 15.0. The van der Waals surface area contributed by atoms with Crippen LogP contribution in [0.2, 0.25) is 0 Å². The standard InChI is InChI=1S/C18H19FN4O3/c1-5-25-18(24)14-8-20-16-10(2)6-12(19)7-13(16)17(14)23(4)9-15-21-11(3)26-22-15/h6-8H,5,9H2,1-4H3. The number of aromatic nitrogens is 3. The third-order valence-corrected chi connectivity index (χ3v) is 3.92. The summed E-state index contributed by atoms with van der Waals surface area (Å²) in [7, 11) is 1.77. The summed E-state index contributed by atoms with van der Waals surface area (Å²) in [6, 6.07) is 2.77. The van der Waals surface area contributed by atoms with Crippen LogP contribution in [0.1, 0.15) is 34.6 Å². The Labute approximate surface area is 149 Å². The molecule has 3 aromatic rings. The van der Waals surface area contributed by atoms with Gasteiger partial charge in [0.25, 0.3) is 0 Å². The van der Waals surface area contributed by atoms with Gasteiger partial charge in [-0.25, -0.2) is 9.18 Å². The number of hydrogen-bond donors (Lipinski definition) is 0. The number of benzene rings is 1. The van der Waals surface area contributed by atoms with E-state index in [1.165, 1.54) is 18.3 Å². The van der Waals surface area contributed by atoms with Crippen LogP contribution in [0.5, 0.6) is 0 Å². The van der Waals surface area contributed by atoms with Crippen molar-refractivity contribution in [1.82, 2.24) is 15.1 Å². The fourth-order valence-electron chi connectivity index (χ4n) is 2.89. The second-order valence-electron chi connectivity index (χ2n) is 5.95. The van der Waals surface area contributed by atoms with E-state index in [0.717, 1.165) is 0 Å². The highest BCUT2D eigenvalue weighted by Crippen LogP contribution is 2.32. The molecule has 26 heavy (non-hydrogen) atoms. The number of anilines is 1. The number of pyridine rings is 1. The van der Waals surface area contributed by atoms with E-state index in [0.29, 0.717) is 33.9 Å². The van der Waals surface area contributed by atoms with Crippen molar-refractivity contribution in [1.29, 1.82) is 0 Å². The predicted octanol–water partition coefficient (Wildman–Crippen LogP) is 3.19. The molecule has 0 bridgehead atoms. The number of carbonyl (C=O) groups excluding carboxylic acids is 1. The number of ether oxygens (including phenoxy) is 1. The number of nitrogens with zero attached hydrogens (tertiary/aromatic N) is 4. The number of fused-ring (bicyclic) bond motifs is 1. The lowest BCUT2D eigenvalue weighted by Gasteiger charge is -2.22. The zero-order valence-electron chi connectivity index (χ0n) is 15.0. The van der Waals surface area contributed by atoms with Crippen LogP contribution in [0, 0.1) is 19.7 Å². The van der Waals surface area contributed by atoms with E-state index in [9.17, 15) is 9.18 Å². The van der Waals surface area contributed by atoms with Crippen molar-refractivity contribution in [3.63, 3.8) is 0 Å². The highest BCUT2D eigenvalue weighted by atomic mass is 19.1. The van der Waals surface area contributed by atoms with Crippen LogP contribution in [0.15, 0.2) is 22.9 Å². The molecular formula is C18H19FN4O3. The molecule has 0 N–H and O–H groups in total. The lowest BCUT2D eigenvalue weighted by molar-refractivity contribution is 0.0527. The van der Waals surface area contributed by atoms with Crippen molar-refractivity contribution in [2.75, 3.05) is 18.6 Å². The molecular weight excluding hydrogens is 339 g/mol. The number of esters is 1. The van der Waals surface area contributed by atoms with Crippen LogP contribution in [0.25, 0.3) is 10.9 Å². The number of carbonyl (C=O) groups is 1. The number of aryl methyl sites for hydroxylation is 2. The van der Waals surface area contributed by atoms with Gasteiger partial charge < -0.3 is 14.2 Å². The SMILES string of the molecule is CCOC(=O)c1cnc2c(C)cc(F)cc2c1N(C)Cc1noc(C)n1. The highest BCUT2D eigenvalue weighted by Gasteiger charge is 2.22. The average molecular weight is 358 g/mol. The Morgan fingerprint density at radius 2 is 2.12 bits per heavy atom. The summed E-state index contributed by atoms with van der Waals surface area (Å²) in [5.74, 6) is -0.0174. The van der Waals surface area contributed by atoms with Crippen LogP contribution >= 0.6 is 0 Å². The lowest BCUT2D eigenvalue weighted by Crippen LogP contribution is -2.22. The zero-order chi connectivity index (χ0) is 18.8. The predicted molar refractivity (Wildman–Crippen MR) is 93.5 cm³/mol. The van der Waals surface area contributed by atoms with Gasteiger partial charge in [0.05, 0.1) is 24.4 Å². The fourth-order valence-corrected chi connectivity index (χ4v) is 2.89. The minimum atomic E-state index is -0.519. The number of halogens is 1. The van der Waals surface area contributed by atoms with Gasteiger partial charge in [0, 0.05) is 25.6 Å². The van der Waals surface area contributed by atoms with Crippen molar-refractivity contribution in [3.8, 4) is 0 Å². The first-order valence-electron chi connectivity index (χ1n) is 8.17. The molecule has 8 heteroatoms. The molecule has 0 fully saturated rings. The molecule has 2 aromatic heterocycles. The summed E-state index contributed by atoms with van der Waals surface area (Å²) < 4.78 is 24.2. The van der Waals surface area contributed by atoms with Crippen LogP contribution in [-0.2, 0) is 11.3 Å². The highest BCUT2D eigenvalue weighted by molar-refractivity contribution is 6.05. The molecule has 2 heterocycles. The molecule has 0 aliphatic carbocycles. The second-order valence-corrected chi connectivity index (χ2v) is 5.95. The third kappa shape index (κ3) is 3.35. The van der Waals surface area contributed by atoms with Gasteiger partial charge in [-0.15, -0.1) is 0 Å². The molecule has 0 aliphatic heterocycles. The normalized spacial score (nSPS) is 11.0. The van der Waals surface area contributed by atoms with E-state index in [-0.39, 0.29) is 18.7 Å². The van der Waals surface area contributed by atoms with Gasteiger partial charge in [-0.2, -0.15) is 4.98 Å². The number of rotatable bonds is 5. The quantitative estimate of drug-likeness (QED) is 0.648. The molecule has 0 radical (unpaired) electrons. The first kappa shape index (κ1) is 17.8. The molecule has 136 valence electrons. The molecule has 1 aromatic carbocycles. The lowest BCUT2D eigenvalue weighted by atomic mass is 10.0. The van der Waals surface area contributed by atoms with Gasteiger partial charge >= 0.3 is 5.97 Å². The van der Waals surface area contributed by atoms with Gasteiger partial charge in [0.2, 0.25) is 5.89 Å². The monoisotopic (exact) mass is 358 g/mol. The molecule has 0 unspecified atom stereocenters. The molecule has 0 atom stereocenters. The summed E-state index contributed by atoms with van der Waals surface area (Å²) in [6.45, 7) is 5.70. The summed E-state index contributed by atoms with van der Waals surface area (Å²) in [6.07, 6.45) is 1.46. The summed E-state index contributed by atoms with van der Waals surface area (Å²) in [5.41, 5.74) is 2.07. The first-order valence-corrected chi connectivity index (χ1v) is 8.17. The Hall–Kier alpha value is -3.03. The van der Waals surface area contributed by atoms with Crippen LogP contribution in [0.4, 0.5) is 10.1 Å². The fraction of sp³-hybridized carbons (Fsp3) is 0.333. The number of hydrogen-bond acceptors (Lipinski definition) is 7. The molecule has 0 spiro atoms. The van der Waals surface area contributed by atoms with E-state index in [1.54, 1.807) is 32.7 Å². The van der Waals surface area contributed by atoms with Crippen molar-refractivity contribution in [2.24, 2.45) is 0 Å². The Morgan fingerprint density at radius 3 is 2.77 bits per heavy atom. The Balaban J connectivity index is 2.17. The average Bonchev–Trinajstić information content (AvgIpc) is 2.98. The second kappa shape index (κ2) is 7.07. The summed E-state index contributed by atoms with van der Waals surface area (Å²) >= 11 is 0. The largest absolute Gasteiger partial charge is 0.462 e. The third-order valence-electron chi connectivity index (χ3n) is 3.92. The van der Waals surface area contributed by atoms with E-state index in [2.05, 4.69) is 15.1 Å². The van der Waals surface area contributed by atoms with Crippen molar-refractivity contribution >= 4 is 22.6 Å². The minimum Gasteiger partial charge on any atom is -0.462 e. The van der Waals surface area contributed by atoms with Crippen molar-refractivity contribution in [2.45, 2.75) is 27.3 Å². The van der Waals surface area contributed by atoms with Gasteiger partial charge in [-0.3, -0.25) is 4.98 Å². The van der Waals surface area contributed by atoms with E-state index in [1.807, 2.05) is 0 Å². The van der Waals surface area contributed by atoms with Crippen LogP contribution in [-0.4, -0.2) is 34.7 Å². The van der Waals surface area contributed by atoms with Crippen LogP contribution < -0.4 is 4.90 Å². The van der Waals surface area contributed by atoms with E-state index >= 15 is 0 Å². The molecule has 0 aliphatic rings. The van der Waals surface area contributed by atoms with E-state index in [4.69, 9.17) is 9.26 Å². The minimum absolute atomic E-state index is 0.228. The Kier molecular flexibility index (Phi) is 4.83. The topological polar surface area (TPSA) is 81.4 Å². The maximum Gasteiger partial charge on any atom is 0.341 e. The summed E-state index contributed by atoms with van der Waals surface area (Å²) in [4.78, 5) is 22.7. The molecule has 7 nitrogen and oxygen atoms in total. The first-order chi connectivity index (χ1) is 12.4. The molecule has 0 amide bonds. The smallest absolute Gasteiger partial charge is 0.341 e. The molecule has 0 saturated carbocycles. The van der Waals surface area contributed by atoms with E-state index < -0.39 is 11.8 Å².